The van der Waals surface area contributed by atoms with Crippen molar-refractivity contribution in [3.63, 3.8) is 0 Å². The number of hydrogen-bond donors (Lipinski definition) is 0. The lowest BCUT2D eigenvalue weighted by molar-refractivity contribution is 1.18. The zero-order valence-corrected chi connectivity index (χ0v) is 33.0. The summed E-state index contributed by atoms with van der Waals surface area (Å²) in [4.78, 5) is 2.39. The number of anilines is 3. The Labute approximate surface area is 350 Å². The molecule has 0 fully saturated rings. The minimum Gasteiger partial charge on any atom is -0.310 e. The predicted octanol–water partition coefficient (Wildman–Crippen LogP) is 16.1. The van der Waals surface area contributed by atoms with Crippen LogP contribution in [0.3, 0.4) is 0 Å². The SMILES string of the molecule is c1ccc(-c2ccccc2N(c2ccc(-c3cccc(-c4ccccc4-n4c5ccccc5c5ccccc54)c3)cc2)c2ccc(-c3cccc4ccccc34)cc2)cc1. The summed E-state index contributed by atoms with van der Waals surface area (Å²) in [5.41, 5.74) is 16.4. The molecule has 60 heavy (non-hydrogen) atoms. The molecule has 1 aromatic heterocycles. The van der Waals surface area contributed by atoms with Crippen LogP contribution in [0.5, 0.6) is 0 Å². The standard InChI is InChI=1S/C58H40N2/c1-2-16-43(17-3-1)51-23-6-10-28-55(51)59(48-38-34-44(35-39-48)50-27-15-19-42-18-4-5-22-49(42)50)47-36-32-41(33-37-47)45-20-14-21-46(40-45)52-24-7-11-29-56(52)60-57-30-12-8-25-53(57)54-26-9-13-31-58(54)60/h1-40H. The van der Waals surface area contributed by atoms with Crippen LogP contribution in [0.4, 0.5) is 17.1 Å². The van der Waals surface area contributed by atoms with Crippen LogP contribution in [0.25, 0.3) is 82.8 Å². The summed E-state index contributed by atoms with van der Waals surface area (Å²) in [5, 5.41) is 5.03. The summed E-state index contributed by atoms with van der Waals surface area (Å²) in [6.07, 6.45) is 0. The normalized spacial score (nSPS) is 11.3. The van der Waals surface area contributed by atoms with Crippen molar-refractivity contribution in [3.8, 4) is 50.2 Å². The summed E-state index contributed by atoms with van der Waals surface area (Å²) in [7, 11) is 0. The third-order valence-electron chi connectivity index (χ3n) is 11.8. The summed E-state index contributed by atoms with van der Waals surface area (Å²) < 4.78 is 2.41. The van der Waals surface area contributed by atoms with Crippen molar-refractivity contribution in [2.24, 2.45) is 0 Å². The second-order valence-electron chi connectivity index (χ2n) is 15.3. The second-order valence-corrected chi connectivity index (χ2v) is 15.3. The molecule has 2 heteroatoms. The third kappa shape index (κ3) is 6.23. The van der Waals surface area contributed by atoms with E-state index in [1.807, 2.05) is 0 Å². The molecule has 11 rings (SSSR count). The van der Waals surface area contributed by atoms with Crippen molar-refractivity contribution in [2.75, 3.05) is 4.90 Å². The lowest BCUT2D eigenvalue weighted by atomic mass is 9.97. The molecule has 0 amide bonds. The van der Waals surface area contributed by atoms with E-state index in [0.717, 1.165) is 22.6 Å². The first-order chi connectivity index (χ1) is 29.8. The van der Waals surface area contributed by atoms with Crippen LogP contribution in [0, 0.1) is 0 Å². The van der Waals surface area contributed by atoms with Gasteiger partial charge in [0.1, 0.15) is 0 Å². The monoisotopic (exact) mass is 764 g/mol. The zero-order chi connectivity index (χ0) is 39.8. The van der Waals surface area contributed by atoms with Gasteiger partial charge >= 0.3 is 0 Å². The van der Waals surface area contributed by atoms with Crippen LogP contribution in [-0.4, -0.2) is 4.57 Å². The van der Waals surface area contributed by atoms with Crippen LogP contribution in [0.15, 0.2) is 243 Å². The number of hydrogen-bond acceptors (Lipinski definition) is 1. The largest absolute Gasteiger partial charge is 0.310 e. The van der Waals surface area contributed by atoms with E-state index in [1.54, 1.807) is 0 Å². The molecular formula is C58H40N2. The molecule has 0 bridgehead atoms. The summed E-state index contributed by atoms with van der Waals surface area (Å²) >= 11 is 0. The fraction of sp³-hybridized carbons (Fsp3) is 0. The molecule has 2 nitrogen and oxygen atoms in total. The maximum absolute atomic E-state index is 2.41. The van der Waals surface area contributed by atoms with Gasteiger partial charge in [-0.3, -0.25) is 0 Å². The van der Waals surface area contributed by atoms with E-state index in [1.165, 1.54) is 77.2 Å². The van der Waals surface area contributed by atoms with Crippen LogP contribution in [0.2, 0.25) is 0 Å². The molecular weight excluding hydrogens is 725 g/mol. The summed E-state index contributed by atoms with van der Waals surface area (Å²) in [6, 6.07) is 87.8. The van der Waals surface area contributed by atoms with Crippen LogP contribution in [-0.2, 0) is 0 Å². The quantitative estimate of drug-likeness (QED) is 0.150. The molecule has 10 aromatic carbocycles. The number of rotatable bonds is 8. The fourth-order valence-electron chi connectivity index (χ4n) is 8.99. The molecule has 0 aliphatic heterocycles. The van der Waals surface area contributed by atoms with Crippen molar-refractivity contribution in [1.82, 2.24) is 4.57 Å². The van der Waals surface area contributed by atoms with E-state index in [0.29, 0.717) is 0 Å². The Morgan fingerprint density at radius 1 is 0.283 bits per heavy atom. The van der Waals surface area contributed by atoms with E-state index in [4.69, 9.17) is 0 Å². The average Bonchev–Trinajstić information content (AvgIpc) is 3.67. The Kier molecular flexibility index (Phi) is 8.87. The van der Waals surface area contributed by atoms with Gasteiger partial charge in [0.15, 0.2) is 0 Å². The van der Waals surface area contributed by atoms with Gasteiger partial charge in [0, 0.05) is 33.3 Å². The van der Waals surface area contributed by atoms with Crippen molar-refractivity contribution in [3.05, 3.63) is 243 Å². The maximum atomic E-state index is 2.41. The molecule has 11 aromatic rings. The molecule has 0 spiro atoms. The molecule has 0 unspecified atom stereocenters. The summed E-state index contributed by atoms with van der Waals surface area (Å²) in [5.74, 6) is 0. The molecule has 1 heterocycles. The Hall–Kier alpha value is -7.94. The highest BCUT2D eigenvalue weighted by Crippen LogP contribution is 2.43. The minimum atomic E-state index is 1.09. The van der Waals surface area contributed by atoms with E-state index in [2.05, 4.69) is 252 Å². The number of nitrogens with zero attached hydrogens (tertiary/aromatic N) is 2. The van der Waals surface area contributed by atoms with Gasteiger partial charge in [-0.1, -0.05) is 188 Å². The molecule has 0 radical (unpaired) electrons. The minimum absolute atomic E-state index is 1.09. The number of benzene rings is 10. The molecule has 0 aliphatic carbocycles. The molecule has 282 valence electrons. The van der Waals surface area contributed by atoms with E-state index in [-0.39, 0.29) is 0 Å². The highest BCUT2D eigenvalue weighted by molar-refractivity contribution is 6.09. The lowest BCUT2D eigenvalue weighted by Gasteiger charge is -2.28. The van der Waals surface area contributed by atoms with Gasteiger partial charge in [-0.05, 0) is 98.8 Å². The Morgan fingerprint density at radius 3 is 1.50 bits per heavy atom. The highest BCUT2D eigenvalue weighted by Gasteiger charge is 2.19. The third-order valence-corrected chi connectivity index (χ3v) is 11.8. The van der Waals surface area contributed by atoms with Crippen molar-refractivity contribution in [1.29, 1.82) is 0 Å². The van der Waals surface area contributed by atoms with Crippen LogP contribution in [0.1, 0.15) is 0 Å². The van der Waals surface area contributed by atoms with Gasteiger partial charge in [0.25, 0.3) is 0 Å². The average molecular weight is 765 g/mol. The first kappa shape index (κ1) is 35.2. The Balaban J connectivity index is 0.989. The molecule has 0 aliphatic rings. The maximum Gasteiger partial charge on any atom is 0.0541 e. The van der Waals surface area contributed by atoms with Crippen LogP contribution < -0.4 is 4.90 Å². The van der Waals surface area contributed by atoms with Crippen molar-refractivity contribution < 1.29 is 0 Å². The zero-order valence-electron chi connectivity index (χ0n) is 33.0. The topological polar surface area (TPSA) is 8.17 Å². The Bertz CT molecular complexity index is 3240. The van der Waals surface area contributed by atoms with Gasteiger partial charge in [0.2, 0.25) is 0 Å². The molecule has 0 atom stereocenters. The number of aromatic nitrogens is 1. The van der Waals surface area contributed by atoms with Gasteiger partial charge < -0.3 is 9.47 Å². The first-order valence-electron chi connectivity index (χ1n) is 20.6. The van der Waals surface area contributed by atoms with E-state index < -0.39 is 0 Å². The highest BCUT2D eigenvalue weighted by atomic mass is 15.1. The van der Waals surface area contributed by atoms with Crippen molar-refractivity contribution >= 4 is 49.6 Å². The van der Waals surface area contributed by atoms with Gasteiger partial charge in [-0.2, -0.15) is 0 Å². The van der Waals surface area contributed by atoms with Crippen LogP contribution >= 0.6 is 0 Å². The van der Waals surface area contributed by atoms with Gasteiger partial charge in [0.05, 0.1) is 22.4 Å². The molecule has 0 saturated carbocycles. The predicted molar refractivity (Wildman–Crippen MR) is 255 cm³/mol. The van der Waals surface area contributed by atoms with Gasteiger partial charge in [-0.15, -0.1) is 0 Å². The number of para-hydroxylation sites is 4. The molecule has 0 N–H and O–H groups in total. The van der Waals surface area contributed by atoms with E-state index in [9.17, 15) is 0 Å². The number of fused-ring (bicyclic) bond motifs is 4. The smallest absolute Gasteiger partial charge is 0.0541 e. The molecule has 0 saturated heterocycles. The van der Waals surface area contributed by atoms with E-state index >= 15 is 0 Å². The van der Waals surface area contributed by atoms with Crippen molar-refractivity contribution in [2.45, 2.75) is 0 Å². The first-order valence-corrected chi connectivity index (χ1v) is 20.6. The van der Waals surface area contributed by atoms with Gasteiger partial charge in [-0.25, -0.2) is 0 Å². The fourth-order valence-corrected chi connectivity index (χ4v) is 8.99. The Morgan fingerprint density at radius 2 is 0.767 bits per heavy atom. The summed E-state index contributed by atoms with van der Waals surface area (Å²) in [6.45, 7) is 0. The lowest BCUT2D eigenvalue weighted by Crippen LogP contribution is -2.11. The second kappa shape index (κ2) is 15.1.